The zero-order valence-corrected chi connectivity index (χ0v) is 6.43. The van der Waals surface area contributed by atoms with E-state index in [1.807, 2.05) is 0 Å². The third kappa shape index (κ3) is 1.58. The van der Waals surface area contributed by atoms with E-state index in [1.54, 1.807) is 6.92 Å². The number of carbonyl (C=O) groups is 2. The van der Waals surface area contributed by atoms with Crippen molar-refractivity contribution >= 4 is 11.9 Å². The monoisotopic (exact) mass is 155 g/mol. The normalized spacial score (nSPS) is 16.7. The topological polar surface area (TPSA) is 55.4 Å². The third-order valence-corrected chi connectivity index (χ3v) is 1.35. The van der Waals surface area contributed by atoms with E-state index in [4.69, 9.17) is 0 Å². The first-order valence-corrected chi connectivity index (χ1v) is 3.25. The first-order chi connectivity index (χ1) is 5.11. The zero-order valence-electron chi connectivity index (χ0n) is 6.43. The Labute approximate surface area is 64.2 Å². The molecule has 0 bridgehead atoms. The van der Waals surface area contributed by atoms with Crippen molar-refractivity contribution in [3.05, 3.63) is 11.3 Å². The highest BCUT2D eigenvalue weighted by atomic mass is 16.5. The number of cyclic esters (lactones) is 1. The SMILES string of the molecule is CC(=O)NC1=C(C)COC1=O. The number of ether oxygens (including phenoxy) is 1. The average molecular weight is 155 g/mol. The van der Waals surface area contributed by atoms with Gasteiger partial charge >= 0.3 is 5.97 Å². The van der Waals surface area contributed by atoms with Gasteiger partial charge in [0.1, 0.15) is 12.3 Å². The van der Waals surface area contributed by atoms with Gasteiger partial charge in [-0.15, -0.1) is 0 Å². The minimum Gasteiger partial charge on any atom is -0.456 e. The van der Waals surface area contributed by atoms with Crippen molar-refractivity contribution in [2.45, 2.75) is 13.8 Å². The number of nitrogens with one attached hydrogen (secondary N) is 1. The molecule has 0 spiro atoms. The molecular weight excluding hydrogens is 146 g/mol. The second kappa shape index (κ2) is 2.74. The molecule has 0 saturated heterocycles. The standard InChI is InChI=1S/C7H9NO3/c1-4-3-11-7(10)6(4)8-5(2)9/h3H2,1-2H3,(H,8,9). The summed E-state index contributed by atoms with van der Waals surface area (Å²) in [6, 6.07) is 0. The number of amides is 1. The van der Waals surface area contributed by atoms with Crippen LogP contribution in [0.15, 0.2) is 11.3 Å². The molecule has 0 atom stereocenters. The Morgan fingerprint density at radius 3 is 2.64 bits per heavy atom. The van der Waals surface area contributed by atoms with Crippen molar-refractivity contribution in [3.8, 4) is 0 Å². The van der Waals surface area contributed by atoms with Crippen molar-refractivity contribution in [3.63, 3.8) is 0 Å². The Bertz CT molecular complexity index is 242. The Morgan fingerprint density at radius 2 is 2.27 bits per heavy atom. The lowest BCUT2D eigenvalue weighted by Crippen LogP contribution is -2.23. The zero-order chi connectivity index (χ0) is 8.43. The summed E-state index contributed by atoms with van der Waals surface area (Å²) in [4.78, 5) is 21.4. The van der Waals surface area contributed by atoms with E-state index >= 15 is 0 Å². The number of esters is 1. The molecule has 0 aromatic heterocycles. The number of rotatable bonds is 1. The summed E-state index contributed by atoms with van der Waals surface area (Å²) in [6.07, 6.45) is 0. The molecule has 1 heterocycles. The lowest BCUT2D eigenvalue weighted by molar-refractivity contribution is -0.137. The summed E-state index contributed by atoms with van der Waals surface area (Å²) in [5.41, 5.74) is 1.06. The van der Waals surface area contributed by atoms with E-state index in [2.05, 4.69) is 10.1 Å². The van der Waals surface area contributed by atoms with Crippen LogP contribution < -0.4 is 5.32 Å². The van der Waals surface area contributed by atoms with E-state index in [0.717, 1.165) is 5.57 Å². The lowest BCUT2D eigenvalue weighted by Gasteiger charge is -1.98. The van der Waals surface area contributed by atoms with E-state index in [0.29, 0.717) is 0 Å². The highest BCUT2D eigenvalue weighted by molar-refractivity contribution is 5.95. The second-order valence-corrected chi connectivity index (χ2v) is 2.41. The maximum Gasteiger partial charge on any atom is 0.355 e. The molecule has 11 heavy (non-hydrogen) atoms. The fourth-order valence-electron chi connectivity index (χ4n) is 0.826. The van der Waals surface area contributed by atoms with Crippen LogP contribution >= 0.6 is 0 Å². The van der Waals surface area contributed by atoms with Crippen LogP contribution in [0.1, 0.15) is 13.8 Å². The molecule has 0 unspecified atom stereocenters. The maximum atomic E-state index is 10.8. The Morgan fingerprint density at radius 1 is 1.64 bits per heavy atom. The van der Waals surface area contributed by atoms with E-state index in [9.17, 15) is 9.59 Å². The average Bonchev–Trinajstić information content (AvgIpc) is 2.18. The van der Waals surface area contributed by atoms with Gasteiger partial charge in [-0.1, -0.05) is 0 Å². The Balaban J connectivity index is 2.75. The summed E-state index contributed by atoms with van der Waals surface area (Å²) in [5.74, 6) is -0.698. The molecule has 60 valence electrons. The predicted octanol–water partition coefficient (Wildman–Crippen LogP) is -0.0467. The molecule has 1 aliphatic heterocycles. The van der Waals surface area contributed by atoms with Crippen LogP contribution in [0, 0.1) is 0 Å². The van der Waals surface area contributed by atoms with Gasteiger partial charge in [-0.3, -0.25) is 4.79 Å². The van der Waals surface area contributed by atoms with Gasteiger partial charge in [0.25, 0.3) is 0 Å². The van der Waals surface area contributed by atoms with Crippen molar-refractivity contribution in [1.82, 2.24) is 5.32 Å². The summed E-state index contributed by atoms with van der Waals surface area (Å²) in [6.45, 7) is 3.39. The Hall–Kier alpha value is -1.32. The van der Waals surface area contributed by atoms with E-state index in [-0.39, 0.29) is 18.2 Å². The molecule has 0 radical (unpaired) electrons. The third-order valence-electron chi connectivity index (χ3n) is 1.35. The van der Waals surface area contributed by atoms with Crippen LogP contribution in [-0.2, 0) is 14.3 Å². The molecule has 0 aromatic carbocycles. The van der Waals surface area contributed by atoms with E-state index < -0.39 is 5.97 Å². The van der Waals surface area contributed by atoms with Crippen LogP contribution in [0.4, 0.5) is 0 Å². The molecule has 0 fully saturated rings. The second-order valence-electron chi connectivity index (χ2n) is 2.41. The molecule has 1 rings (SSSR count). The van der Waals surface area contributed by atoms with Crippen LogP contribution in [0.25, 0.3) is 0 Å². The first-order valence-electron chi connectivity index (χ1n) is 3.25. The summed E-state index contributed by atoms with van der Waals surface area (Å²) in [5, 5.41) is 2.41. The van der Waals surface area contributed by atoms with Crippen molar-refractivity contribution in [2.24, 2.45) is 0 Å². The molecular formula is C7H9NO3. The molecule has 1 aliphatic rings. The van der Waals surface area contributed by atoms with Crippen LogP contribution in [0.2, 0.25) is 0 Å². The van der Waals surface area contributed by atoms with Gasteiger partial charge in [-0.2, -0.15) is 0 Å². The van der Waals surface area contributed by atoms with Crippen molar-refractivity contribution in [2.75, 3.05) is 6.61 Å². The highest BCUT2D eigenvalue weighted by Gasteiger charge is 2.22. The number of hydrogen-bond acceptors (Lipinski definition) is 3. The van der Waals surface area contributed by atoms with E-state index in [1.165, 1.54) is 6.92 Å². The number of hydrogen-bond donors (Lipinski definition) is 1. The molecule has 0 saturated carbocycles. The van der Waals surface area contributed by atoms with Crippen LogP contribution in [-0.4, -0.2) is 18.5 Å². The largest absolute Gasteiger partial charge is 0.456 e. The minimum absolute atomic E-state index is 0.252. The molecule has 1 N–H and O–H groups in total. The van der Waals surface area contributed by atoms with Crippen LogP contribution in [0.3, 0.4) is 0 Å². The van der Waals surface area contributed by atoms with Crippen molar-refractivity contribution < 1.29 is 14.3 Å². The summed E-state index contributed by atoms with van der Waals surface area (Å²) in [7, 11) is 0. The van der Waals surface area contributed by atoms with Gasteiger partial charge in [0, 0.05) is 6.92 Å². The van der Waals surface area contributed by atoms with Gasteiger partial charge in [0.2, 0.25) is 5.91 Å². The molecule has 0 aromatic rings. The smallest absolute Gasteiger partial charge is 0.355 e. The fourth-order valence-corrected chi connectivity index (χ4v) is 0.826. The molecule has 0 aliphatic carbocycles. The lowest BCUT2D eigenvalue weighted by atomic mass is 10.3. The maximum absolute atomic E-state index is 10.8. The van der Waals surface area contributed by atoms with Crippen LogP contribution in [0.5, 0.6) is 0 Å². The predicted molar refractivity (Wildman–Crippen MR) is 37.5 cm³/mol. The molecule has 1 amide bonds. The minimum atomic E-state index is -0.447. The first kappa shape index (κ1) is 7.78. The number of carbonyl (C=O) groups excluding carboxylic acids is 2. The van der Waals surface area contributed by atoms with Gasteiger partial charge in [-0.05, 0) is 12.5 Å². The van der Waals surface area contributed by atoms with Crippen molar-refractivity contribution in [1.29, 1.82) is 0 Å². The van der Waals surface area contributed by atoms with Gasteiger partial charge in [0.05, 0.1) is 0 Å². The summed E-state index contributed by atoms with van der Waals surface area (Å²) < 4.78 is 4.65. The molecule has 4 nitrogen and oxygen atoms in total. The van der Waals surface area contributed by atoms with Gasteiger partial charge < -0.3 is 10.1 Å². The molecule has 4 heteroatoms. The Kier molecular flexibility index (Phi) is 1.94. The fraction of sp³-hybridized carbons (Fsp3) is 0.429. The van der Waals surface area contributed by atoms with Gasteiger partial charge in [-0.25, -0.2) is 4.79 Å². The quantitative estimate of drug-likeness (QED) is 0.540. The summed E-state index contributed by atoms with van der Waals surface area (Å²) >= 11 is 0. The van der Waals surface area contributed by atoms with Gasteiger partial charge in [0.15, 0.2) is 0 Å². The highest BCUT2D eigenvalue weighted by Crippen LogP contribution is 2.11.